The lowest BCUT2D eigenvalue weighted by Crippen LogP contribution is -2.28. The Bertz CT molecular complexity index is 692. The van der Waals surface area contributed by atoms with Gasteiger partial charge in [0.1, 0.15) is 11.3 Å². The van der Waals surface area contributed by atoms with Gasteiger partial charge >= 0.3 is 0 Å². The molecular formula is C16H22N2OS. The van der Waals surface area contributed by atoms with Crippen LogP contribution < -0.4 is 4.74 Å². The molecule has 1 aromatic heterocycles. The van der Waals surface area contributed by atoms with Crippen LogP contribution in [0, 0.1) is 10.7 Å². The van der Waals surface area contributed by atoms with Gasteiger partial charge in [-0.25, -0.2) is 0 Å². The number of nitrogens with zero attached hydrogens (tertiary/aromatic N) is 1. The van der Waals surface area contributed by atoms with Gasteiger partial charge in [-0.2, -0.15) is 0 Å². The van der Waals surface area contributed by atoms with Crippen LogP contribution in [-0.2, 0) is 5.54 Å². The molecule has 20 heavy (non-hydrogen) atoms. The number of rotatable bonds is 4. The second-order valence-electron chi connectivity index (χ2n) is 6.51. The number of ether oxygens (including phenoxy) is 1. The number of aromatic nitrogens is 2. The first-order valence-electron chi connectivity index (χ1n) is 7.32. The number of hydrogen-bond acceptors (Lipinski definition) is 2. The molecule has 1 aliphatic rings. The van der Waals surface area contributed by atoms with Crippen LogP contribution in [0.4, 0.5) is 0 Å². The molecular weight excluding hydrogens is 268 g/mol. The van der Waals surface area contributed by atoms with E-state index in [4.69, 9.17) is 17.0 Å². The Morgan fingerprint density at radius 3 is 2.65 bits per heavy atom. The summed E-state index contributed by atoms with van der Waals surface area (Å²) in [7, 11) is 0. The van der Waals surface area contributed by atoms with E-state index in [-0.39, 0.29) is 11.6 Å². The maximum absolute atomic E-state index is 5.89. The molecule has 1 saturated carbocycles. The first kappa shape index (κ1) is 13.7. The van der Waals surface area contributed by atoms with Gasteiger partial charge in [0, 0.05) is 5.54 Å². The van der Waals surface area contributed by atoms with Crippen molar-refractivity contribution in [2.24, 2.45) is 5.92 Å². The second kappa shape index (κ2) is 4.62. The van der Waals surface area contributed by atoms with E-state index in [2.05, 4.69) is 29.5 Å². The fourth-order valence-corrected chi connectivity index (χ4v) is 3.44. The smallest absolute Gasteiger partial charge is 0.178 e. The highest BCUT2D eigenvalue weighted by Crippen LogP contribution is 2.45. The fourth-order valence-electron chi connectivity index (χ4n) is 3.00. The zero-order valence-electron chi connectivity index (χ0n) is 12.6. The maximum atomic E-state index is 5.89. The summed E-state index contributed by atoms with van der Waals surface area (Å²) in [5.41, 5.74) is 2.22. The summed E-state index contributed by atoms with van der Waals surface area (Å²) in [4.78, 5) is 3.34. The molecule has 3 nitrogen and oxygen atoms in total. The maximum Gasteiger partial charge on any atom is 0.178 e. The van der Waals surface area contributed by atoms with Crippen molar-refractivity contribution in [1.29, 1.82) is 0 Å². The Kier molecular flexibility index (Phi) is 3.16. The minimum absolute atomic E-state index is 0.0613. The van der Waals surface area contributed by atoms with Crippen molar-refractivity contribution < 1.29 is 4.74 Å². The van der Waals surface area contributed by atoms with Crippen molar-refractivity contribution in [2.45, 2.75) is 52.2 Å². The van der Waals surface area contributed by atoms with Gasteiger partial charge in [0.25, 0.3) is 0 Å². The topological polar surface area (TPSA) is 29.9 Å². The molecule has 2 aromatic rings. The molecule has 1 aromatic carbocycles. The molecule has 1 N–H and O–H groups in total. The Morgan fingerprint density at radius 2 is 2.05 bits per heavy atom. The first-order valence-corrected chi connectivity index (χ1v) is 7.73. The second-order valence-corrected chi connectivity index (χ2v) is 6.90. The number of H-pyrrole nitrogens is 1. The van der Waals surface area contributed by atoms with E-state index in [1.165, 1.54) is 12.8 Å². The SMILES string of the molecule is CC(C)Oc1cccc2c1[nH]c(=S)n2C(C)(C)C1CC1. The quantitative estimate of drug-likeness (QED) is 0.832. The average molecular weight is 290 g/mol. The number of hydrogen-bond donors (Lipinski definition) is 1. The van der Waals surface area contributed by atoms with Gasteiger partial charge in [-0.05, 0) is 70.8 Å². The molecule has 0 amide bonds. The number of imidazole rings is 1. The van der Waals surface area contributed by atoms with Crippen LogP contribution >= 0.6 is 12.2 Å². The Morgan fingerprint density at radius 1 is 1.35 bits per heavy atom. The van der Waals surface area contributed by atoms with Gasteiger partial charge in [-0.1, -0.05) is 6.07 Å². The van der Waals surface area contributed by atoms with Crippen LogP contribution in [0.25, 0.3) is 11.0 Å². The van der Waals surface area contributed by atoms with E-state index >= 15 is 0 Å². The predicted octanol–water partition coefficient (Wildman–Crippen LogP) is 4.63. The minimum atomic E-state index is 0.0613. The molecule has 0 spiro atoms. The minimum Gasteiger partial charge on any atom is -0.489 e. The predicted molar refractivity (Wildman–Crippen MR) is 84.9 cm³/mol. The third kappa shape index (κ3) is 2.16. The summed E-state index contributed by atoms with van der Waals surface area (Å²) in [5.74, 6) is 1.61. The molecule has 0 unspecified atom stereocenters. The number of benzene rings is 1. The largest absolute Gasteiger partial charge is 0.489 e. The van der Waals surface area contributed by atoms with E-state index in [1.54, 1.807) is 0 Å². The van der Waals surface area contributed by atoms with Crippen LogP contribution in [-0.4, -0.2) is 15.7 Å². The van der Waals surface area contributed by atoms with Crippen LogP contribution in [0.3, 0.4) is 0 Å². The van der Waals surface area contributed by atoms with Crippen molar-refractivity contribution in [1.82, 2.24) is 9.55 Å². The number of para-hydroxylation sites is 1. The molecule has 3 rings (SSSR count). The molecule has 1 heterocycles. The highest BCUT2D eigenvalue weighted by atomic mass is 32.1. The molecule has 0 aliphatic heterocycles. The number of nitrogens with one attached hydrogen (secondary N) is 1. The van der Waals surface area contributed by atoms with Crippen molar-refractivity contribution in [3.8, 4) is 5.75 Å². The lowest BCUT2D eigenvalue weighted by molar-refractivity contribution is 0.245. The molecule has 0 saturated heterocycles. The van der Waals surface area contributed by atoms with E-state index < -0.39 is 0 Å². The molecule has 0 atom stereocenters. The summed E-state index contributed by atoms with van der Waals surface area (Å²) in [5, 5.41) is 0. The van der Waals surface area contributed by atoms with E-state index in [9.17, 15) is 0 Å². The van der Waals surface area contributed by atoms with Crippen LogP contribution in [0.1, 0.15) is 40.5 Å². The first-order chi connectivity index (χ1) is 9.41. The molecule has 0 radical (unpaired) electrons. The van der Waals surface area contributed by atoms with Crippen LogP contribution in [0.15, 0.2) is 18.2 Å². The van der Waals surface area contributed by atoms with E-state index in [0.717, 1.165) is 27.5 Å². The standard InChI is InChI=1S/C16H22N2OS/c1-10(2)19-13-7-5-6-12-14(13)17-15(20)18(12)16(3,4)11-8-9-11/h5-7,10-11H,8-9H2,1-4H3,(H,17,20). The Labute approximate surface area is 125 Å². The zero-order chi connectivity index (χ0) is 14.5. The third-order valence-electron chi connectivity index (χ3n) is 4.20. The van der Waals surface area contributed by atoms with Gasteiger partial charge in [0.05, 0.1) is 11.6 Å². The summed E-state index contributed by atoms with van der Waals surface area (Å²) < 4.78 is 8.95. The van der Waals surface area contributed by atoms with Gasteiger partial charge in [0.2, 0.25) is 0 Å². The van der Waals surface area contributed by atoms with Gasteiger partial charge in [-0.15, -0.1) is 0 Å². The highest BCUT2D eigenvalue weighted by Gasteiger charge is 2.40. The summed E-state index contributed by atoms with van der Waals surface area (Å²) in [6, 6.07) is 6.17. The number of fused-ring (bicyclic) bond motifs is 1. The Hall–Kier alpha value is -1.29. The van der Waals surface area contributed by atoms with Crippen molar-refractivity contribution in [3.63, 3.8) is 0 Å². The van der Waals surface area contributed by atoms with Gasteiger partial charge in [0.15, 0.2) is 4.77 Å². The van der Waals surface area contributed by atoms with E-state index in [0.29, 0.717) is 0 Å². The molecule has 1 aliphatic carbocycles. The van der Waals surface area contributed by atoms with Crippen molar-refractivity contribution >= 4 is 23.3 Å². The highest BCUT2D eigenvalue weighted by molar-refractivity contribution is 7.71. The van der Waals surface area contributed by atoms with Crippen molar-refractivity contribution in [3.05, 3.63) is 23.0 Å². The lowest BCUT2D eigenvalue weighted by atomic mass is 9.98. The van der Waals surface area contributed by atoms with E-state index in [1.807, 2.05) is 26.0 Å². The molecule has 4 heteroatoms. The Balaban J connectivity index is 2.19. The van der Waals surface area contributed by atoms with Crippen LogP contribution in [0.2, 0.25) is 0 Å². The lowest BCUT2D eigenvalue weighted by Gasteiger charge is -2.27. The summed E-state index contributed by atoms with van der Waals surface area (Å²) >= 11 is 5.57. The summed E-state index contributed by atoms with van der Waals surface area (Å²) in [6.45, 7) is 8.64. The fraction of sp³-hybridized carbons (Fsp3) is 0.562. The average Bonchev–Trinajstić information content (AvgIpc) is 3.12. The van der Waals surface area contributed by atoms with Gasteiger partial charge in [-0.3, -0.25) is 0 Å². The normalized spacial score (nSPS) is 16.1. The third-order valence-corrected chi connectivity index (χ3v) is 4.48. The molecule has 108 valence electrons. The zero-order valence-corrected chi connectivity index (χ0v) is 13.4. The van der Waals surface area contributed by atoms with Crippen molar-refractivity contribution in [2.75, 3.05) is 0 Å². The molecule has 0 bridgehead atoms. The summed E-state index contributed by atoms with van der Waals surface area (Å²) in [6.07, 6.45) is 2.75. The van der Waals surface area contributed by atoms with Gasteiger partial charge < -0.3 is 14.3 Å². The monoisotopic (exact) mass is 290 g/mol. The molecule has 1 fully saturated rings. The number of aromatic amines is 1. The van der Waals surface area contributed by atoms with Crippen LogP contribution in [0.5, 0.6) is 5.75 Å².